The standard InChI is InChI=1S/C10H16N4OS/c1-6(2)14-5-4-8(9(14)15)12-10-11-7(3)13-16-10/h6,8H,4-5H2,1-3H3,(H,11,12,13)/t8-/m1/s1. The summed E-state index contributed by atoms with van der Waals surface area (Å²) in [4.78, 5) is 18.1. The van der Waals surface area contributed by atoms with E-state index in [-0.39, 0.29) is 18.0 Å². The van der Waals surface area contributed by atoms with Crippen LogP contribution in [-0.2, 0) is 4.79 Å². The summed E-state index contributed by atoms with van der Waals surface area (Å²) < 4.78 is 4.08. The maximum absolute atomic E-state index is 12.0. The van der Waals surface area contributed by atoms with Crippen LogP contribution < -0.4 is 5.32 Å². The highest BCUT2D eigenvalue weighted by atomic mass is 32.1. The summed E-state index contributed by atoms with van der Waals surface area (Å²) in [6.07, 6.45) is 0.843. The molecular weight excluding hydrogens is 224 g/mol. The van der Waals surface area contributed by atoms with Gasteiger partial charge in [0.05, 0.1) is 0 Å². The van der Waals surface area contributed by atoms with Gasteiger partial charge >= 0.3 is 0 Å². The molecule has 0 unspecified atom stereocenters. The summed E-state index contributed by atoms with van der Waals surface area (Å²) in [5.41, 5.74) is 0. The number of amides is 1. The van der Waals surface area contributed by atoms with Crippen molar-refractivity contribution in [3.8, 4) is 0 Å². The van der Waals surface area contributed by atoms with Crippen molar-refractivity contribution in [2.24, 2.45) is 0 Å². The van der Waals surface area contributed by atoms with Gasteiger partial charge in [-0.25, -0.2) is 4.98 Å². The Labute approximate surface area is 99.0 Å². The van der Waals surface area contributed by atoms with E-state index < -0.39 is 0 Å². The Morgan fingerprint density at radius 3 is 2.81 bits per heavy atom. The molecule has 2 rings (SSSR count). The van der Waals surface area contributed by atoms with Gasteiger partial charge in [-0.3, -0.25) is 4.79 Å². The van der Waals surface area contributed by atoms with Gasteiger partial charge in [0.2, 0.25) is 11.0 Å². The number of hydrogen-bond acceptors (Lipinski definition) is 5. The highest BCUT2D eigenvalue weighted by Gasteiger charge is 2.33. The zero-order valence-corrected chi connectivity index (χ0v) is 10.5. The van der Waals surface area contributed by atoms with Crippen LogP contribution in [0.15, 0.2) is 0 Å². The van der Waals surface area contributed by atoms with Crippen LogP contribution in [0.1, 0.15) is 26.1 Å². The number of anilines is 1. The Kier molecular flexibility index (Phi) is 3.09. The predicted molar refractivity (Wildman–Crippen MR) is 63.5 cm³/mol. The molecule has 0 spiro atoms. The summed E-state index contributed by atoms with van der Waals surface area (Å²) >= 11 is 1.31. The highest BCUT2D eigenvalue weighted by Crippen LogP contribution is 2.19. The molecule has 1 amide bonds. The Morgan fingerprint density at radius 1 is 1.56 bits per heavy atom. The van der Waals surface area contributed by atoms with Crippen molar-refractivity contribution >= 4 is 22.6 Å². The molecule has 1 aromatic heterocycles. The van der Waals surface area contributed by atoms with E-state index in [4.69, 9.17) is 0 Å². The molecule has 6 heteroatoms. The van der Waals surface area contributed by atoms with E-state index >= 15 is 0 Å². The van der Waals surface area contributed by atoms with Crippen LogP contribution in [0.3, 0.4) is 0 Å². The van der Waals surface area contributed by atoms with Crippen LogP contribution >= 0.6 is 11.5 Å². The minimum absolute atomic E-state index is 0.130. The zero-order chi connectivity index (χ0) is 11.7. The van der Waals surface area contributed by atoms with Gasteiger partial charge in [-0.2, -0.15) is 4.37 Å². The third kappa shape index (κ3) is 2.16. The lowest BCUT2D eigenvalue weighted by molar-refractivity contribution is -0.129. The van der Waals surface area contributed by atoms with Crippen molar-refractivity contribution in [1.29, 1.82) is 0 Å². The minimum atomic E-state index is -0.130. The molecule has 0 bridgehead atoms. The molecule has 88 valence electrons. The molecule has 1 aliphatic rings. The fraction of sp³-hybridized carbons (Fsp3) is 0.700. The third-order valence-corrected chi connectivity index (χ3v) is 3.43. The van der Waals surface area contributed by atoms with E-state index in [1.807, 2.05) is 25.7 Å². The molecular formula is C10H16N4OS. The lowest BCUT2D eigenvalue weighted by Gasteiger charge is -2.20. The van der Waals surface area contributed by atoms with Gasteiger partial charge in [0.15, 0.2) is 0 Å². The second-order valence-corrected chi connectivity index (χ2v) is 5.01. The summed E-state index contributed by atoms with van der Waals surface area (Å²) in [5, 5.41) is 3.89. The number of carbonyl (C=O) groups excluding carboxylic acids is 1. The number of hydrogen-bond donors (Lipinski definition) is 1. The van der Waals surface area contributed by atoms with Gasteiger partial charge in [0.25, 0.3) is 0 Å². The molecule has 1 N–H and O–H groups in total. The first-order valence-electron chi connectivity index (χ1n) is 5.45. The smallest absolute Gasteiger partial charge is 0.245 e. The van der Waals surface area contributed by atoms with E-state index in [9.17, 15) is 4.79 Å². The third-order valence-electron chi connectivity index (χ3n) is 2.69. The molecule has 0 aromatic carbocycles. The number of carbonyl (C=O) groups is 1. The van der Waals surface area contributed by atoms with Crippen LogP contribution in [0.4, 0.5) is 5.13 Å². The Hall–Kier alpha value is -1.17. The van der Waals surface area contributed by atoms with Crippen LogP contribution in [0.5, 0.6) is 0 Å². The summed E-state index contributed by atoms with van der Waals surface area (Å²) in [6.45, 7) is 6.75. The number of aromatic nitrogens is 2. The van der Waals surface area contributed by atoms with Gasteiger partial charge in [0.1, 0.15) is 11.9 Å². The van der Waals surface area contributed by atoms with Crippen molar-refractivity contribution in [3.05, 3.63) is 5.82 Å². The van der Waals surface area contributed by atoms with Crippen LogP contribution in [0, 0.1) is 6.92 Å². The Balaban J connectivity index is 2.00. The fourth-order valence-corrected chi connectivity index (χ4v) is 2.48. The van der Waals surface area contributed by atoms with Crippen molar-refractivity contribution in [2.45, 2.75) is 39.3 Å². The monoisotopic (exact) mass is 240 g/mol. The van der Waals surface area contributed by atoms with Crippen molar-refractivity contribution in [1.82, 2.24) is 14.3 Å². The van der Waals surface area contributed by atoms with Gasteiger partial charge in [-0.15, -0.1) is 0 Å². The predicted octanol–water partition coefficient (Wildman–Crippen LogP) is 1.27. The van der Waals surface area contributed by atoms with Gasteiger partial charge in [-0.05, 0) is 27.2 Å². The molecule has 5 nitrogen and oxygen atoms in total. The minimum Gasteiger partial charge on any atom is -0.348 e. The van der Waals surface area contributed by atoms with Crippen LogP contribution in [-0.4, -0.2) is 38.8 Å². The topological polar surface area (TPSA) is 58.1 Å². The maximum atomic E-state index is 12.0. The molecule has 0 aliphatic carbocycles. The lowest BCUT2D eigenvalue weighted by Crippen LogP contribution is -2.37. The average Bonchev–Trinajstić information content (AvgIpc) is 2.76. The second-order valence-electron chi connectivity index (χ2n) is 4.26. The van der Waals surface area contributed by atoms with Crippen molar-refractivity contribution in [3.63, 3.8) is 0 Å². The van der Waals surface area contributed by atoms with Gasteiger partial charge in [-0.1, -0.05) is 0 Å². The SMILES string of the molecule is Cc1nsc(N[C@@H]2CCN(C(C)C)C2=O)n1. The number of nitrogens with one attached hydrogen (secondary N) is 1. The van der Waals surface area contributed by atoms with Crippen LogP contribution in [0.25, 0.3) is 0 Å². The molecule has 16 heavy (non-hydrogen) atoms. The van der Waals surface area contributed by atoms with E-state index in [2.05, 4.69) is 14.7 Å². The second kappa shape index (κ2) is 4.37. The molecule has 1 atom stereocenters. The van der Waals surface area contributed by atoms with Crippen LogP contribution in [0.2, 0.25) is 0 Å². The number of aryl methyl sites for hydroxylation is 1. The van der Waals surface area contributed by atoms with E-state index in [0.717, 1.165) is 23.9 Å². The first kappa shape index (κ1) is 11.3. The first-order chi connectivity index (χ1) is 7.58. The van der Waals surface area contributed by atoms with Gasteiger partial charge < -0.3 is 10.2 Å². The fourth-order valence-electron chi connectivity index (χ4n) is 1.85. The summed E-state index contributed by atoms with van der Waals surface area (Å²) in [5.74, 6) is 0.918. The number of rotatable bonds is 3. The molecule has 0 saturated carbocycles. The van der Waals surface area contributed by atoms with E-state index in [1.54, 1.807) is 0 Å². The highest BCUT2D eigenvalue weighted by molar-refractivity contribution is 7.09. The summed E-state index contributed by atoms with van der Waals surface area (Å²) in [6, 6.07) is 0.144. The molecule has 1 saturated heterocycles. The normalized spacial score (nSPS) is 20.9. The number of likely N-dealkylation sites (tertiary alicyclic amines) is 1. The summed E-state index contributed by atoms with van der Waals surface area (Å²) in [7, 11) is 0. The Morgan fingerprint density at radius 2 is 2.31 bits per heavy atom. The van der Waals surface area contributed by atoms with Crippen molar-refractivity contribution < 1.29 is 4.79 Å². The van der Waals surface area contributed by atoms with Crippen molar-refractivity contribution in [2.75, 3.05) is 11.9 Å². The first-order valence-corrected chi connectivity index (χ1v) is 6.22. The molecule has 0 radical (unpaired) electrons. The molecule has 1 aromatic rings. The quantitative estimate of drug-likeness (QED) is 0.864. The largest absolute Gasteiger partial charge is 0.348 e. The number of nitrogens with zero attached hydrogens (tertiary/aromatic N) is 3. The molecule has 1 fully saturated rings. The van der Waals surface area contributed by atoms with E-state index in [1.165, 1.54) is 11.5 Å². The molecule has 1 aliphatic heterocycles. The van der Waals surface area contributed by atoms with Gasteiger partial charge in [0, 0.05) is 24.1 Å². The van der Waals surface area contributed by atoms with E-state index in [0.29, 0.717) is 0 Å². The average molecular weight is 240 g/mol. The Bertz CT molecular complexity index is 390. The lowest BCUT2D eigenvalue weighted by atomic mass is 10.2. The molecule has 2 heterocycles. The maximum Gasteiger partial charge on any atom is 0.245 e. The zero-order valence-electron chi connectivity index (χ0n) is 9.73.